The van der Waals surface area contributed by atoms with Crippen molar-refractivity contribution in [3.63, 3.8) is 0 Å². The highest BCUT2D eigenvalue weighted by Gasteiger charge is 2.31. The first kappa shape index (κ1) is 12.0. The smallest absolute Gasteiger partial charge is 0.0123 e. The highest BCUT2D eigenvalue weighted by atomic mass is 14.9. The van der Waals surface area contributed by atoms with Crippen LogP contribution in [0, 0.1) is 17.8 Å². The van der Waals surface area contributed by atoms with Gasteiger partial charge in [-0.25, -0.2) is 0 Å². The summed E-state index contributed by atoms with van der Waals surface area (Å²) in [5, 5.41) is 3.75. The van der Waals surface area contributed by atoms with E-state index in [0.29, 0.717) is 0 Å². The summed E-state index contributed by atoms with van der Waals surface area (Å²) in [6.07, 6.45) is 5.63. The van der Waals surface area contributed by atoms with Crippen molar-refractivity contribution in [1.82, 2.24) is 5.32 Å². The summed E-state index contributed by atoms with van der Waals surface area (Å²) in [7, 11) is 0. The van der Waals surface area contributed by atoms with E-state index in [4.69, 9.17) is 0 Å². The molecule has 1 nitrogen and oxygen atoms in total. The first-order chi connectivity index (χ1) is 6.66. The molecule has 84 valence electrons. The van der Waals surface area contributed by atoms with Gasteiger partial charge in [-0.1, -0.05) is 34.1 Å². The molecule has 0 amide bonds. The Morgan fingerprint density at radius 3 is 2.21 bits per heavy atom. The molecule has 0 bridgehead atoms. The van der Waals surface area contributed by atoms with Crippen molar-refractivity contribution < 1.29 is 0 Å². The Labute approximate surface area is 89.7 Å². The van der Waals surface area contributed by atoms with E-state index in [0.717, 1.165) is 23.8 Å². The van der Waals surface area contributed by atoms with Gasteiger partial charge in [-0.3, -0.25) is 0 Å². The van der Waals surface area contributed by atoms with Crippen molar-refractivity contribution in [2.75, 3.05) is 6.54 Å². The predicted octanol–water partition coefficient (Wildman–Crippen LogP) is 3.45. The first-order valence-corrected chi connectivity index (χ1v) is 6.40. The van der Waals surface area contributed by atoms with Gasteiger partial charge in [-0.2, -0.15) is 0 Å². The quantitative estimate of drug-likeness (QED) is 0.688. The van der Waals surface area contributed by atoms with Crippen molar-refractivity contribution >= 4 is 0 Å². The molecule has 0 heterocycles. The SMILES string of the molecule is CCCNC(C1CCC1)C(C)C(C)C. The van der Waals surface area contributed by atoms with Gasteiger partial charge in [-0.05, 0) is 43.6 Å². The summed E-state index contributed by atoms with van der Waals surface area (Å²) in [5.74, 6) is 2.61. The molecule has 0 aliphatic heterocycles. The van der Waals surface area contributed by atoms with E-state index in [1.54, 1.807) is 0 Å². The maximum atomic E-state index is 3.75. The number of rotatable bonds is 6. The molecule has 1 heteroatoms. The molecule has 0 aromatic rings. The maximum absolute atomic E-state index is 3.75. The van der Waals surface area contributed by atoms with Crippen LogP contribution in [0.25, 0.3) is 0 Å². The van der Waals surface area contributed by atoms with E-state index < -0.39 is 0 Å². The van der Waals surface area contributed by atoms with Gasteiger partial charge in [0.1, 0.15) is 0 Å². The van der Waals surface area contributed by atoms with Crippen molar-refractivity contribution in [3.05, 3.63) is 0 Å². The third kappa shape index (κ3) is 2.98. The normalized spacial score (nSPS) is 22.1. The zero-order valence-electron chi connectivity index (χ0n) is 10.3. The molecule has 0 aromatic carbocycles. The van der Waals surface area contributed by atoms with Crippen molar-refractivity contribution in [1.29, 1.82) is 0 Å². The Morgan fingerprint density at radius 1 is 1.21 bits per heavy atom. The maximum Gasteiger partial charge on any atom is 0.0123 e. The molecule has 14 heavy (non-hydrogen) atoms. The summed E-state index contributed by atoms with van der Waals surface area (Å²) in [6, 6.07) is 0.781. The molecule has 2 atom stereocenters. The molecule has 1 aliphatic carbocycles. The first-order valence-electron chi connectivity index (χ1n) is 6.40. The Hall–Kier alpha value is -0.0400. The van der Waals surface area contributed by atoms with Crippen molar-refractivity contribution in [2.24, 2.45) is 17.8 Å². The van der Waals surface area contributed by atoms with Crippen LogP contribution in [-0.4, -0.2) is 12.6 Å². The summed E-state index contributed by atoms with van der Waals surface area (Å²) in [6.45, 7) is 10.6. The number of hydrogen-bond donors (Lipinski definition) is 1. The van der Waals surface area contributed by atoms with Gasteiger partial charge in [0.05, 0.1) is 0 Å². The van der Waals surface area contributed by atoms with Crippen LogP contribution < -0.4 is 5.32 Å². The van der Waals surface area contributed by atoms with E-state index in [-0.39, 0.29) is 0 Å². The molecular weight excluding hydrogens is 170 g/mol. The van der Waals surface area contributed by atoms with Gasteiger partial charge < -0.3 is 5.32 Å². The van der Waals surface area contributed by atoms with Gasteiger partial charge in [0.25, 0.3) is 0 Å². The Kier molecular flexibility index (Phi) is 4.94. The minimum atomic E-state index is 0.781. The third-order valence-corrected chi connectivity index (χ3v) is 3.91. The van der Waals surface area contributed by atoms with Gasteiger partial charge in [0.15, 0.2) is 0 Å². The van der Waals surface area contributed by atoms with Crippen LogP contribution >= 0.6 is 0 Å². The molecule has 2 unspecified atom stereocenters. The molecular formula is C13H27N. The molecule has 0 saturated heterocycles. The van der Waals surface area contributed by atoms with Gasteiger partial charge in [0, 0.05) is 6.04 Å². The third-order valence-electron chi connectivity index (χ3n) is 3.91. The molecule has 0 aromatic heterocycles. The summed E-state index contributed by atoms with van der Waals surface area (Å²) >= 11 is 0. The van der Waals surface area contributed by atoms with Crippen LogP contribution in [0.3, 0.4) is 0 Å². The fourth-order valence-electron chi connectivity index (χ4n) is 2.31. The monoisotopic (exact) mass is 197 g/mol. The average molecular weight is 197 g/mol. The number of nitrogens with one attached hydrogen (secondary N) is 1. The van der Waals surface area contributed by atoms with Gasteiger partial charge in [0.2, 0.25) is 0 Å². The second kappa shape index (κ2) is 5.75. The van der Waals surface area contributed by atoms with Crippen LogP contribution in [0.15, 0.2) is 0 Å². The highest BCUT2D eigenvalue weighted by molar-refractivity contribution is 4.87. The fourth-order valence-corrected chi connectivity index (χ4v) is 2.31. The zero-order chi connectivity index (χ0) is 10.6. The van der Waals surface area contributed by atoms with E-state index in [2.05, 4.69) is 33.0 Å². The number of hydrogen-bond acceptors (Lipinski definition) is 1. The minimum absolute atomic E-state index is 0.781. The summed E-state index contributed by atoms with van der Waals surface area (Å²) in [4.78, 5) is 0. The molecule has 1 aliphatic rings. The lowest BCUT2D eigenvalue weighted by atomic mass is 9.72. The Morgan fingerprint density at radius 2 is 1.86 bits per heavy atom. The standard InChI is InChI=1S/C13H27N/c1-5-9-14-13(11(4)10(2)3)12-7-6-8-12/h10-14H,5-9H2,1-4H3. The van der Waals surface area contributed by atoms with Crippen LogP contribution in [-0.2, 0) is 0 Å². The average Bonchev–Trinajstić information content (AvgIpc) is 2.07. The summed E-state index contributed by atoms with van der Waals surface area (Å²) in [5.41, 5.74) is 0. The van der Waals surface area contributed by atoms with E-state index in [1.807, 2.05) is 0 Å². The lowest BCUT2D eigenvalue weighted by molar-refractivity contribution is 0.155. The van der Waals surface area contributed by atoms with Crippen LogP contribution in [0.5, 0.6) is 0 Å². The van der Waals surface area contributed by atoms with Crippen LogP contribution in [0.1, 0.15) is 53.4 Å². The fraction of sp³-hybridized carbons (Fsp3) is 1.00. The van der Waals surface area contributed by atoms with Crippen molar-refractivity contribution in [2.45, 2.75) is 59.4 Å². The van der Waals surface area contributed by atoms with Crippen LogP contribution in [0.2, 0.25) is 0 Å². The second-order valence-corrected chi connectivity index (χ2v) is 5.27. The van der Waals surface area contributed by atoms with Gasteiger partial charge >= 0.3 is 0 Å². The molecule has 1 saturated carbocycles. The lowest BCUT2D eigenvalue weighted by Crippen LogP contribution is -2.45. The molecule has 1 rings (SSSR count). The minimum Gasteiger partial charge on any atom is -0.313 e. The van der Waals surface area contributed by atoms with E-state index in [9.17, 15) is 0 Å². The summed E-state index contributed by atoms with van der Waals surface area (Å²) < 4.78 is 0. The van der Waals surface area contributed by atoms with Crippen LogP contribution in [0.4, 0.5) is 0 Å². The Balaban J connectivity index is 2.42. The van der Waals surface area contributed by atoms with Gasteiger partial charge in [-0.15, -0.1) is 0 Å². The predicted molar refractivity (Wildman–Crippen MR) is 63.4 cm³/mol. The van der Waals surface area contributed by atoms with Crippen molar-refractivity contribution in [3.8, 4) is 0 Å². The second-order valence-electron chi connectivity index (χ2n) is 5.27. The largest absolute Gasteiger partial charge is 0.313 e. The van der Waals surface area contributed by atoms with E-state index >= 15 is 0 Å². The highest BCUT2D eigenvalue weighted by Crippen LogP contribution is 2.34. The zero-order valence-corrected chi connectivity index (χ0v) is 10.3. The molecule has 1 N–H and O–H groups in total. The molecule has 0 spiro atoms. The molecule has 0 radical (unpaired) electrons. The lowest BCUT2D eigenvalue weighted by Gasteiger charge is -2.39. The molecule has 1 fully saturated rings. The topological polar surface area (TPSA) is 12.0 Å². The Bertz CT molecular complexity index is 149. The van der Waals surface area contributed by atoms with E-state index in [1.165, 1.54) is 32.2 Å².